The number of hydrogen-bond acceptors (Lipinski definition) is 6. The van der Waals surface area contributed by atoms with Gasteiger partial charge in [0.25, 0.3) is 0 Å². The largest absolute Gasteiger partial charge is 0.481 e. The van der Waals surface area contributed by atoms with E-state index in [-0.39, 0.29) is 11.7 Å². The number of anilines is 1. The number of nitrogens with one attached hydrogen (secondary N) is 1. The van der Waals surface area contributed by atoms with Crippen LogP contribution in [0.4, 0.5) is 5.13 Å². The number of aliphatic carboxylic acids is 1. The molecule has 0 bridgehead atoms. The molecule has 2 N–H and O–H groups in total. The molecular weight excluding hydrogens is 304 g/mol. The maximum atomic E-state index is 12.2. The van der Waals surface area contributed by atoms with Crippen molar-refractivity contribution in [3.63, 3.8) is 0 Å². The van der Waals surface area contributed by atoms with E-state index in [1.807, 2.05) is 6.92 Å². The zero-order chi connectivity index (χ0) is 14.8. The molecule has 0 saturated carbocycles. The van der Waals surface area contributed by atoms with Gasteiger partial charge in [0.2, 0.25) is 5.13 Å². The highest BCUT2D eigenvalue weighted by atomic mass is 32.2. The van der Waals surface area contributed by atoms with Gasteiger partial charge >= 0.3 is 16.2 Å². The number of aryl methyl sites for hydroxylation is 1. The summed E-state index contributed by atoms with van der Waals surface area (Å²) in [6.07, 6.45) is 1.72. The van der Waals surface area contributed by atoms with Crippen molar-refractivity contribution in [3.8, 4) is 0 Å². The van der Waals surface area contributed by atoms with E-state index in [0.717, 1.165) is 9.31 Å². The quantitative estimate of drug-likeness (QED) is 0.819. The fourth-order valence-electron chi connectivity index (χ4n) is 1.97. The standard InChI is InChI=1S/C10H16N4O4S2/c1-2-8-11-12-10(19-8)13-20(17,18)14-5-3-4-7(6-14)9(15)16/h7H,2-6H2,1H3,(H,12,13)(H,15,16). The lowest BCUT2D eigenvalue weighted by Gasteiger charge is -2.29. The van der Waals surface area contributed by atoms with Crippen molar-refractivity contribution in [1.29, 1.82) is 0 Å². The van der Waals surface area contributed by atoms with Gasteiger partial charge in [-0.05, 0) is 19.3 Å². The highest BCUT2D eigenvalue weighted by molar-refractivity contribution is 7.90. The predicted molar refractivity (Wildman–Crippen MR) is 73.8 cm³/mol. The molecule has 1 aliphatic heterocycles. The second-order valence-corrected chi connectivity index (χ2v) is 7.23. The molecule has 2 heterocycles. The summed E-state index contributed by atoms with van der Waals surface area (Å²) in [6.45, 7) is 2.21. The smallest absolute Gasteiger partial charge is 0.307 e. The molecule has 0 aromatic carbocycles. The molecule has 1 aromatic heterocycles. The molecule has 1 aliphatic rings. The van der Waals surface area contributed by atoms with E-state index in [0.29, 0.717) is 25.8 Å². The van der Waals surface area contributed by atoms with Gasteiger partial charge in [-0.1, -0.05) is 18.3 Å². The summed E-state index contributed by atoms with van der Waals surface area (Å²) >= 11 is 1.18. The Morgan fingerprint density at radius 1 is 1.55 bits per heavy atom. The fourth-order valence-corrected chi connectivity index (χ4v) is 4.12. The normalized spacial score (nSPS) is 20.8. The van der Waals surface area contributed by atoms with Crippen molar-refractivity contribution in [2.75, 3.05) is 17.8 Å². The van der Waals surface area contributed by atoms with Crippen molar-refractivity contribution < 1.29 is 18.3 Å². The topological polar surface area (TPSA) is 112 Å². The van der Waals surface area contributed by atoms with Gasteiger partial charge < -0.3 is 5.11 Å². The Balaban J connectivity index is 2.07. The minimum Gasteiger partial charge on any atom is -0.481 e. The first-order valence-electron chi connectivity index (χ1n) is 6.25. The average Bonchev–Trinajstić information content (AvgIpc) is 2.86. The molecule has 0 aliphatic carbocycles. The summed E-state index contributed by atoms with van der Waals surface area (Å²) < 4.78 is 27.9. The minimum absolute atomic E-state index is 0.00982. The van der Waals surface area contributed by atoms with E-state index in [4.69, 9.17) is 5.11 Å². The van der Waals surface area contributed by atoms with Gasteiger partial charge in [0, 0.05) is 13.1 Å². The Morgan fingerprint density at radius 3 is 2.90 bits per heavy atom. The van der Waals surface area contributed by atoms with Gasteiger partial charge in [-0.3, -0.25) is 4.79 Å². The third-order valence-corrected chi connectivity index (χ3v) is 5.63. The SMILES string of the molecule is CCc1nnc(NS(=O)(=O)N2CCCC(C(=O)O)C2)s1. The van der Waals surface area contributed by atoms with Crippen LogP contribution >= 0.6 is 11.3 Å². The zero-order valence-electron chi connectivity index (χ0n) is 10.9. The summed E-state index contributed by atoms with van der Waals surface area (Å²) in [5.74, 6) is -1.62. The number of carbonyl (C=O) groups is 1. The molecule has 8 nitrogen and oxygen atoms in total. The van der Waals surface area contributed by atoms with Crippen LogP contribution in [0.25, 0.3) is 0 Å². The van der Waals surface area contributed by atoms with Crippen molar-refractivity contribution in [2.45, 2.75) is 26.2 Å². The fraction of sp³-hybridized carbons (Fsp3) is 0.700. The van der Waals surface area contributed by atoms with E-state index in [2.05, 4.69) is 14.9 Å². The molecule has 1 atom stereocenters. The van der Waals surface area contributed by atoms with Crippen LogP contribution in [0.1, 0.15) is 24.8 Å². The summed E-state index contributed by atoms with van der Waals surface area (Å²) in [5, 5.41) is 17.5. The molecule has 10 heteroatoms. The Kier molecular flexibility index (Phi) is 4.55. The number of carboxylic acids is 1. The number of hydrogen-bond donors (Lipinski definition) is 2. The number of rotatable bonds is 5. The molecule has 20 heavy (non-hydrogen) atoms. The van der Waals surface area contributed by atoms with Gasteiger partial charge in [-0.25, -0.2) is 4.72 Å². The Labute approximate surface area is 121 Å². The van der Waals surface area contributed by atoms with Crippen LogP contribution in [0, 0.1) is 5.92 Å². The number of nitrogens with zero attached hydrogens (tertiary/aromatic N) is 3. The van der Waals surface area contributed by atoms with Crippen LogP contribution in [0.3, 0.4) is 0 Å². The molecular formula is C10H16N4O4S2. The highest BCUT2D eigenvalue weighted by Crippen LogP contribution is 2.22. The highest BCUT2D eigenvalue weighted by Gasteiger charge is 2.32. The molecule has 0 radical (unpaired) electrons. The van der Waals surface area contributed by atoms with Gasteiger partial charge in [0.1, 0.15) is 5.01 Å². The van der Waals surface area contributed by atoms with E-state index >= 15 is 0 Å². The first-order chi connectivity index (χ1) is 9.42. The number of piperidine rings is 1. The summed E-state index contributed by atoms with van der Waals surface area (Å²) in [7, 11) is -3.77. The van der Waals surface area contributed by atoms with Crippen molar-refractivity contribution in [3.05, 3.63) is 5.01 Å². The van der Waals surface area contributed by atoms with E-state index in [1.165, 1.54) is 11.3 Å². The monoisotopic (exact) mass is 320 g/mol. The second kappa shape index (κ2) is 6.02. The molecule has 1 fully saturated rings. The summed E-state index contributed by atoms with van der Waals surface area (Å²) in [5.41, 5.74) is 0. The molecule has 0 amide bonds. The lowest BCUT2D eigenvalue weighted by Crippen LogP contribution is -2.44. The van der Waals surface area contributed by atoms with Gasteiger partial charge in [-0.2, -0.15) is 12.7 Å². The first-order valence-corrected chi connectivity index (χ1v) is 8.51. The van der Waals surface area contributed by atoms with Crippen LogP contribution in [-0.2, 0) is 21.4 Å². The van der Waals surface area contributed by atoms with Crippen LogP contribution in [0.2, 0.25) is 0 Å². The molecule has 112 valence electrons. The second-order valence-electron chi connectivity index (χ2n) is 4.50. The number of aromatic nitrogens is 2. The van der Waals surface area contributed by atoms with Crippen LogP contribution in [-0.4, -0.2) is 47.1 Å². The predicted octanol–water partition coefficient (Wildman–Crippen LogP) is 0.554. The number of carboxylic acid groups (broad SMARTS) is 1. The third kappa shape index (κ3) is 3.44. The molecule has 0 spiro atoms. The van der Waals surface area contributed by atoms with E-state index in [9.17, 15) is 13.2 Å². The summed E-state index contributed by atoms with van der Waals surface area (Å²) in [6, 6.07) is 0. The minimum atomic E-state index is -3.77. The van der Waals surface area contributed by atoms with Crippen molar-refractivity contribution >= 4 is 32.6 Å². The molecule has 1 unspecified atom stereocenters. The Bertz CT molecular complexity index is 586. The van der Waals surface area contributed by atoms with Crippen molar-refractivity contribution in [1.82, 2.24) is 14.5 Å². The molecule has 2 rings (SSSR count). The third-order valence-electron chi connectivity index (χ3n) is 3.06. The summed E-state index contributed by atoms with van der Waals surface area (Å²) in [4.78, 5) is 11.0. The van der Waals surface area contributed by atoms with E-state index < -0.39 is 22.1 Å². The Hall–Kier alpha value is -1.26. The van der Waals surface area contributed by atoms with Gasteiger partial charge in [0.15, 0.2) is 0 Å². The van der Waals surface area contributed by atoms with Gasteiger partial charge in [0.05, 0.1) is 5.92 Å². The van der Waals surface area contributed by atoms with E-state index in [1.54, 1.807) is 0 Å². The van der Waals surface area contributed by atoms with Crippen LogP contribution in [0.15, 0.2) is 0 Å². The first kappa shape index (κ1) is 15.1. The van der Waals surface area contributed by atoms with Crippen molar-refractivity contribution in [2.24, 2.45) is 5.92 Å². The van der Waals surface area contributed by atoms with Crippen LogP contribution < -0.4 is 4.72 Å². The molecule has 1 aromatic rings. The lowest BCUT2D eigenvalue weighted by molar-refractivity contribution is -0.142. The maximum Gasteiger partial charge on any atom is 0.307 e. The lowest BCUT2D eigenvalue weighted by atomic mass is 10.0. The van der Waals surface area contributed by atoms with Gasteiger partial charge in [-0.15, -0.1) is 10.2 Å². The van der Waals surface area contributed by atoms with Crippen LogP contribution in [0.5, 0.6) is 0 Å². The maximum absolute atomic E-state index is 12.2. The Morgan fingerprint density at radius 2 is 2.30 bits per heavy atom. The average molecular weight is 320 g/mol. The zero-order valence-corrected chi connectivity index (χ0v) is 12.6. The molecule has 1 saturated heterocycles.